The molecule has 28 heavy (non-hydrogen) atoms. The quantitative estimate of drug-likeness (QED) is 0.545. The lowest BCUT2D eigenvalue weighted by molar-refractivity contribution is 0.324. The van der Waals surface area contributed by atoms with Gasteiger partial charge in [-0.3, -0.25) is 0 Å². The van der Waals surface area contributed by atoms with Gasteiger partial charge in [-0.1, -0.05) is 18.2 Å². The monoisotopic (exact) mass is 376 g/mol. The van der Waals surface area contributed by atoms with Gasteiger partial charge in [0.05, 0.1) is 27.5 Å². The highest BCUT2D eigenvalue weighted by Gasteiger charge is 2.17. The van der Waals surface area contributed by atoms with Gasteiger partial charge in [0.1, 0.15) is 5.82 Å². The highest BCUT2D eigenvalue weighted by Crippen LogP contribution is 2.41. The predicted molar refractivity (Wildman–Crippen MR) is 108 cm³/mol. The van der Waals surface area contributed by atoms with Crippen molar-refractivity contribution in [1.29, 1.82) is 0 Å². The fraction of sp³-hybridized carbons (Fsp3) is 0.143. The molecule has 0 aliphatic carbocycles. The number of ether oxygens (including phenoxy) is 3. The van der Waals surface area contributed by atoms with Crippen molar-refractivity contribution in [1.82, 2.24) is 14.6 Å². The molecule has 0 fully saturated rings. The SMILES string of the molecule is COc1cc(-c2cnn3ccc(Nc4ccccc4)nc23)cc(OC)c1OC. The normalized spacial score (nSPS) is 10.7. The van der Waals surface area contributed by atoms with Gasteiger partial charge in [0, 0.05) is 17.4 Å². The van der Waals surface area contributed by atoms with Crippen LogP contribution < -0.4 is 19.5 Å². The third kappa shape index (κ3) is 3.18. The van der Waals surface area contributed by atoms with Gasteiger partial charge in [-0.15, -0.1) is 0 Å². The third-order valence-corrected chi connectivity index (χ3v) is 4.39. The first kappa shape index (κ1) is 17.7. The molecule has 7 nitrogen and oxygen atoms in total. The van der Waals surface area contributed by atoms with Gasteiger partial charge in [0.25, 0.3) is 0 Å². The molecule has 0 radical (unpaired) electrons. The molecule has 4 rings (SSSR count). The lowest BCUT2D eigenvalue weighted by Crippen LogP contribution is -1.98. The Hall–Kier alpha value is -3.74. The Kier molecular flexibility index (Phi) is 4.72. The Bertz CT molecular complexity index is 1080. The zero-order valence-corrected chi connectivity index (χ0v) is 15.8. The number of hydrogen-bond donors (Lipinski definition) is 1. The van der Waals surface area contributed by atoms with E-state index in [1.807, 2.05) is 54.7 Å². The summed E-state index contributed by atoms with van der Waals surface area (Å²) in [6.45, 7) is 0. The summed E-state index contributed by atoms with van der Waals surface area (Å²) in [5.74, 6) is 2.43. The molecule has 0 saturated heterocycles. The first-order valence-electron chi connectivity index (χ1n) is 8.70. The largest absolute Gasteiger partial charge is 0.493 e. The first-order chi connectivity index (χ1) is 13.7. The Labute approximate surface area is 162 Å². The average molecular weight is 376 g/mol. The summed E-state index contributed by atoms with van der Waals surface area (Å²) >= 11 is 0. The highest BCUT2D eigenvalue weighted by molar-refractivity contribution is 5.81. The van der Waals surface area contributed by atoms with Crippen LogP contribution in [0.15, 0.2) is 60.9 Å². The van der Waals surface area contributed by atoms with Crippen molar-refractivity contribution < 1.29 is 14.2 Å². The molecular weight excluding hydrogens is 356 g/mol. The van der Waals surface area contributed by atoms with Crippen LogP contribution in [-0.2, 0) is 0 Å². The van der Waals surface area contributed by atoms with Gasteiger partial charge in [-0.05, 0) is 35.9 Å². The van der Waals surface area contributed by atoms with Crippen molar-refractivity contribution in [2.75, 3.05) is 26.6 Å². The number of anilines is 2. The molecule has 1 N–H and O–H groups in total. The molecule has 0 amide bonds. The van der Waals surface area contributed by atoms with E-state index in [9.17, 15) is 0 Å². The number of aromatic nitrogens is 3. The lowest BCUT2D eigenvalue weighted by atomic mass is 10.1. The van der Waals surface area contributed by atoms with E-state index in [2.05, 4.69) is 10.4 Å². The van der Waals surface area contributed by atoms with Gasteiger partial charge in [-0.25, -0.2) is 9.50 Å². The second-order valence-electron chi connectivity index (χ2n) is 6.04. The van der Waals surface area contributed by atoms with Crippen LogP contribution in [0.2, 0.25) is 0 Å². The van der Waals surface area contributed by atoms with E-state index >= 15 is 0 Å². The van der Waals surface area contributed by atoms with E-state index in [-0.39, 0.29) is 0 Å². The maximum absolute atomic E-state index is 5.47. The van der Waals surface area contributed by atoms with Crippen LogP contribution in [0.25, 0.3) is 16.8 Å². The molecule has 0 saturated carbocycles. The van der Waals surface area contributed by atoms with Crippen molar-refractivity contribution in [3.05, 3.63) is 60.9 Å². The average Bonchev–Trinajstić information content (AvgIpc) is 3.16. The van der Waals surface area contributed by atoms with Crippen LogP contribution in [0.5, 0.6) is 17.2 Å². The zero-order chi connectivity index (χ0) is 19.5. The van der Waals surface area contributed by atoms with E-state index in [1.54, 1.807) is 32.0 Å². The minimum Gasteiger partial charge on any atom is -0.493 e. The minimum atomic E-state index is 0.546. The Morgan fingerprint density at radius 3 is 2.25 bits per heavy atom. The van der Waals surface area contributed by atoms with E-state index in [0.29, 0.717) is 17.2 Å². The summed E-state index contributed by atoms with van der Waals surface area (Å²) in [4.78, 5) is 4.74. The first-order valence-corrected chi connectivity index (χ1v) is 8.70. The summed E-state index contributed by atoms with van der Waals surface area (Å²) in [6.07, 6.45) is 3.64. The summed E-state index contributed by atoms with van der Waals surface area (Å²) in [6, 6.07) is 15.6. The standard InChI is InChI=1S/C21H20N4O3/c1-26-17-11-14(12-18(27-2)20(17)28-3)16-13-22-25-10-9-19(24-21(16)25)23-15-7-5-4-6-8-15/h4-13H,1-3H3,(H,23,24). The fourth-order valence-corrected chi connectivity index (χ4v) is 3.05. The molecule has 2 aromatic carbocycles. The van der Waals surface area contributed by atoms with Gasteiger partial charge in [-0.2, -0.15) is 5.10 Å². The van der Waals surface area contributed by atoms with E-state index in [1.165, 1.54) is 0 Å². The van der Waals surface area contributed by atoms with Crippen LogP contribution in [-0.4, -0.2) is 35.9 Å². The number of benzene rings is 2. The molecular formula is C21H20N4O3. The summed E-state index contributed by atoms with van der Waals surface area (Å²) in [5.41, 5.74) is 3.41. The van der Waals surface area contributed by atoms with Gasteiger partial charge in [0.15, 0.2) is 17.1 Å². The number of methoxy groups -OCH3 is 3. The summed E-state index contributed by atoms with van der Waals surface area (Å²) in [5, 5.41) is 7.72. The Morgan fingerprint density at radius 1 is 0.893 bits per heavy atom. The van der Waals surface area contributed by atoms with Gasteiger partial charge < -0.3 is 19.5 Å². The minimum absolute atomic E-state index is 0.546. The van der Waals surface area contributed by atoms with Crippen molar-refractivity contribution in [2.45, 2.75) is 0 Å². The molecule has 0 aliphatic rings. The summed E-state index contributed by atoms with van der Waals surface area (Å²) < 4.78 is 18.1. The summed E-state index contributed by atoms with van der Waals surface area (Å²) in [7, 11) is 4.77. The highest BCUT2D eigenvalue weighted by atomic mass is 16.5. The predicted octanol–water partition coefficient (Wildman–Crippen LogP) is 4.17. The number of nitrogens with zero attached hydrogens (tertiary/aromatic N) is 3. The number of fused-ring (bicyclic) bond motifs is 1. The number of hydrogen-bond acceptors (Lipinski definition) is 6. The molecule has 0 unspecified atom stereocenters. The van der Waals surface area contributed by atoms with Gasteiger partial charge in [0.2, 0.25) is 5.75 Å². The fourth-order valence-electron chi connectivity index (χ4n) is 3.05. The number of nitrogens with one attached hydrogen (secondary N) is 1. The lowest BCUT2D eigenvalue weighted by Gasteiger charge is -2.13. The van der Waals surface area contributed by atoms with E-state index in [0.717, 1.165) is 28.3 Å². The second-order valence-corrected chi connectivity index (χ2v) is 6.04. The van der Waals surface area contributed by atoms with Gasteiger partial charge >= 0.3 is 0 Å². The van der Waals surface area contributed by atoms with Crippen LogP contribution in [0.4, 0.5) is 11.5 Å². The van der Waals surface area contributed by atoms with Crippen LogP contribution in [0.3, 0.4) is 0 Å². The molecule has 2 heterocycles. The molecule has 142 valence electrons. The Morgan fingerprint density at radius 2 is 1.61 bits per heavy atom. The topological polar surface area (TPSA) is 69.9 Å². The van der Waals surface area contributed by atoms with Crippen LogP contribution in [0, 0.1) is 0 Å². The maximum Gasteiger partial charge on any atom is 0.203 e. The zero-order valence-electron chi connectivity index (χ0n) is 15.8. The second kappa shape index (κ2) is 7.48. The molecule has 0 aliphatic heterocycles. The van der Waals surface area contributed by atoms with Crippen molar-refractivity contribution in [3.8, 4) is 28.4 Å². The molecule has 4 aromatic rings. The molecule has 2 aromatic heterocycles. The van der Waals surface area contributed by atoms with E-state index < -0.39 is 0 Å². The van der Waals surface area contributed by atoms with Crippen LogP contribution >= 0.6 is 0 Å². The van der Waals surface area contributed by atoms with E-state index in [4.69, 9.17) is 19.2 Å². The van der Waals surface area contributed by atoms with Crippen molar-refractivity contribution in [2.24, 2.45) is 0 Å². The number of para-hydroxylation sites is 1. The van der Waals surface area contributed by atoms with Crippen molar-refractivity contribution in [3.63, 3.8) is 0 Å². The molecule has 7 heteroatoms. The van der Waals surface area contributed by atoms with Crippen LogP contribution in [0.1, 0.15) is 0 Å². The Balaban J connectivity index is 1.80. The third-order valence-electron chi connectivity index (χ3n) is 4.39. The molecule has 0 bridgehead atoms. The smallest absolute Gasteiger partial charge is 0.203 e. The number of rotatable bonds is 6. The molecule has 0 atom stereocenters. The van der Waals surface area contributed by atoms with Crippen molar-refractivity contribution >= 4 is 17.2 Å². The maximum atomic E-state index is 5.47. The molecule has 0 spiro atoms.